The first-order valence-electron chi connectivity index (χ1n) is 14.6. The lowest BCUT2D eigenvalue weighted by atomic mass is 10.2. The van der Waals surface area contributed by atoms with Crippen molar-refractivity contribution in [1.29, 1.82) is 0 Å². The van der Waals surface area contributed by atoms with Crippen molar-refractivity contribution < 1.29 is 38.1 Å². The minimum absolute atomic E-state index is 0.0609. The summed E-state index contributed by atoms with van der Waals surface area (Å²) in [5.41, 5.74) is 1.84. The Bertz CT molecular complexity index is 997. The normalized spacial score (nSPS) is 14.8. The quantitative estimate of drug-likeness (QED) is 0.350. The van der Waals surface area contributed by atoms with Crippen LogP contribution in [0.3, 0.4) is 0 Å². The molecule has 0 bridgehead atoms. The van der Waals surface area contributed by atoms with E-state index >= 15 is 0 Å². The van der Waals surface area contributed by atoms with Gasteiger partial charge in [0.05, 0.1) is 26.4 Å². The fraction of sp³-hybridized carbons (Fsp3) is 0.500. The molecule has 10 heteroatoms. The molecule has 0 N–H and O–H groups in total. The Hall–Kier alpha value is -3.76. The molecule has 0 radical (unpaired) electrons. The lowest BCUT2D eigenvalue weighted by molar-refractivity contribution is -0.146. The van der Waals surface area contributed by atoms with Crippen molar-refractivity contribution >= 4 is 23.8 Å². The van der Waals surface area contributed by atoms with Crippen LogP contribution in [0.25, 0.3) is 0 Å². The Morgan fingerprint density at radius 2 is 0.905 bits per heavy atom. The summed E-state index contributed by atoms with van der Waals surface area (Å²) in [7, 11) is 0. The van der Waals surface area contributed by atoms with Gasteiger partial charge in [0, 0.05) is 51.9 Å². The minimum atomic E-state index is -0.325. The molecule has 1 saturated heterocycles. The predicted molar refractivity (Wildman–Crippen MR) is 155 cm³/mol. The maximum absolute atomic E-state index is 12.8. The fourth-order valence-electron chi connectivity index (χ4n) is 4.33. The lowest BCUT2D eigenvalue weighted by Crippen LogP contribution is -2.40. The molecule has 1 aliphatic rings. The highest BCUT2D eigenvalue weighted by atomic mass is 16.5. The minimum Gasteiger partial charge on any atom is -0.461 e. The van der Waals surface area contributed by atoms with Gasteiger partial charge < -0.3 is 28.7 Å². The summed E-state index contributed by atoms with van der Waals surface area (Å²) in [6, 6.07) is 18.9. The van der Waals surface area contributed by atoms with Gasteiger partial charge in [-0.05, 0) is 24.0 Å². The molecule has 42 heavy (non-hydrogen) atoms. The van der Waals surface area contributed by atoms with E-state index in [1.807, 2.05) is 60.7 Å². The molecular weight excluding hydrogens is 540 g/mol. The van der Waals surface area contributed by atoms with E-state index in [4.69, 9.17) is 18.9 Å². The molecule has 228 valence electrons. The molecule has 10 nitrogen and oxygen atoms in total. The number of rotatable bonds is 12. The van der Waals surface area contributed by atoms with Crippen molar-refractivity contribution in [3.05, 3.63) is 71.8 Å². The highest BCUT2D eigenvalue weighted by molar-refractivity contribution is 5.78. The summed E-state index contributed by atoms with van der Waals surface area (Å²) in [4.78, 5) is 53.0. The van der Waals surface area contributed by atoms with Crippen LogP contribution in [0.15, 0.2) is 60.7 Å². The molecule has 3 rings (SSSR count). The molecule has 2 aromatic carbocycles. The van der Waals surface area contributed by atoms with Crippen LogP contribution in [0.5, 0.6) is 0 Å². The van der Waals surface area contributed by atoms with Gasteiger partial charge in [0.1, 0.15) is 13.2 Å². The van der Waals surface area contributed by atoms with Crippen LogP contribution in [0.1, 0.15) is 49.7 Å². The highest BCUT2D eigenvalue weighted by Gasteiger charge is 2.18. The third-order valence-corrected chi connectivity index (χ3v) is 6.76. The van der Waals surface area contributed by atoms with Crippen LogP contribution in [0, 0.1) is 0 Å². The number of benzene rings is 2. The third kappa shape index (κ3) is 13.3. The molecule has 2 aromatic rings. The maximum atomic E-state index is 12.8. The van der Waals surface area contributed by atoms with Crippen LogP contribution in [-0.4, -0.2) is 86.2 Å². The van der Waals surface area contributed by atoms with Crippen molar-refractivity contribution in [2.24, 2.45) is 0 Å². The van der Waals surface area contributed by atoms with Crippen molar-refractivity contribution in [3.63, 3.8) is 0 Å². The Kier molecular flexibility index (Phi) is 15.1. The van der Waals surface area contributed by atoms with Gasteiger partial charge in [-0.1, -0.05) is 60.7 Å². The average Bonchev–Trinajstić information content (AvgIpc) is 3.00. The van der Waals surface area contributed by atoms with E-state index in [2.05, 4.69) is 0 Å². The smallest absolute Gasteiger partial charge is 0.306 e. The van der Waals surface area contributed by atoms with Crippen LogP contribution in [0.4, 0.5) is 0 Å². The second-order valence-electron chi connectivity index (χ2n) is 9.99. The average molecular weight is 583 g/mol. The van der Waals surface area contributed by atoms with Gasteiger partial charge in [-0.25, -0.2) is 0 Å². The lowest BCUT2D eigenvalue weighted by Gasteiger charge is -2.26. The summed E-state index contributed by atoms with van der Waals surface area (Å²) in [6.45, 7) is 3.39. The topological polar surface area (TPSA) is 112 Å². The van der Waals surface area contributed by atoms with Gasteiger partial charge in [0.15, 0.2) is 0 Å². The first-order valence-corrected chi connectivity index (χ1v) is 14.6. The van der Waals surface area contributed by atoms with E-state index in [1.165, 1.54) is 0 Å². The van der Waals surface area contributed by atoms with E-state index in [0.717, 1.165) is 11.1 Å². The molecule has 0 saturated carbocycles. The number of amides is 2. The Morgan fingerprint density at radius 3 is 1.26 bits per heavy atom. The van der Waals surface area contributed by atoms with Crippen LogP contribution >= 0.6 is 0 Å². The SMILES string of the molecule is O=C(CCCC(=O)N1CCOCCN(C(=O)CCCC(=O)OCc2ccccc2)CCOCC1)OCc1ccccc1. The van der Waals surface area contributed by atoms with E-state index in [9.17, 15) is 19.2 Å². The third-order valence-electron chi connectivity index (χ3n) is 6.76. The first-order chi connectivity index (χ1) is 20.5. The molecule has 1 heterocycles. The van der Waals surface area contributed by atoms with E-state index in [1.54, 1.807) is 9.80 Å². The number of esters is 2. The van der Waals surface area contributed by atoms with Crippen molar-refractivity contribution in [3.8, 4) is 0 Å². The zero-order valence-electron chi connectivity index (χ0n) is 24.2. The van der Waals surface area contributed by atoms with E-state index in [-0.39, 0.29) is 62.7 Å². The van der Waals surface area contributed by atoms with Gasteiger partial charge in [-0.15, -0.1) is 0 Å². The molecule has 1 aliphatic heterocycles. The summed E-state index contributed by atoms with van der Waals surface area (Å²) in [5.74, 6) is -0.772. The van der Waals surface area contributed by atoms with Gasteiger partial charge >= 0.3 is 11.9 Å². The molecule has 0 unspecified atom stereocenters. The molecule has 0 spiro atoms. The maximum Gasteiger partial charge on any atom is 0.306 e. The molecular formula is C32H42N2O8. The van der Waals surface area contributed by atoms with Crippen LogP contribution in [-0.2, 0) is 51.3 Å². The second-order valence-corrected chi connectivity index (χ2v) is 9.99. The largest absolute Gasteiger partial charge is 0.461 e. The monoisotopic (exact) mass is 582 g/mol. The Morgan fingerprint density at radius 1 is 0.548 bits per heavy atom. The summed E-state index contributed by atoms with van der Waals surface area (Å²) in [5, 5.41) is 0. The van der Waals surface area contributed by atoms with Crippen molar-refractivity contribution in [1.82, 2.24) is 9.80 Å². The molecule has 0 atom stereocenters. The molecule has 1 fully saturated rings. The zero-order chi connectivity index (χ0) is 29.8. The van der Waals surface area contributed by atoms with Crippen LogP contribution < -0.4 is 0 Å². The van der Waals surface area contributed by atoms with Gasteiger partial charge in [0.25, 0.3) is 0 Å². The zero-order valence-corrected chi connectivity index (χ0v) is 24.2. The molecule has 0 aromatic heterocycles. The standard InChI is InChI=1S/C32H42N2O8/c35-29(13-7-15-31(37)41-25-27-9-3-1-4-10-27)33-17-21-39-23-19-34(20-24-40-22-18-33)30(36)14-8-16-32(38)42-26-28-11-5-2-6-12-28/h1-6,9-12H,7-8,13-26H2. The first kappa shape index (κ1) is 32.8. The Labute approximate surface area is 247 Å². The summed E-state index contributed by atoms with van der Waals surface area (Å²) < 4.78 is 22.0. The van der Waals surface area contributed by atoms with Gasteiger partial charge in [-0.3, -0.25) is 19.2 Å². The molecule has 0 aliphatic carbocycles. The highest BCUT2D eigenvalue weighted by Crippen LogP contribution is 2.08. The summed E-state index contributed by atoms with van der Waals surface area (Å²) in [6.07, 6.45) is 1.65. The molecule has 2 amide bonds. The number of ether oxygens (including phenoxy) is 4. The van der Waals surface area contributed by atoms with E-state index < -0.39 is 0 Å². The van der Waals surface area contributed by atoms with Crippen LogP contribution in [0.2, 0.25) is 0 Å². The fourth-order valence-corrected chi connectivity index (χ4v) is 4.33. The number of carbonyl (C=O) groups excluding carboxylic acids is 4. The van der Waals surface area contributed by atoms with Crippen molar-refractivity contribution in [2.45, 2.75) is 51.7 Å². The van der Waals surface area contributed by atoms with Gasteiger partial charge in [0.2, 0.25) is 11.8 Å². The number of nitrogens with zero attached hydrogens (tertiary/aromatic N) is 2. The second kappa shape index (κ2) is 19.4. The van der Waals surface area contributed by atoms with E-state index in [0.29, 0.717) is 65.4 Å². The van der Waals surface area contributed by atoms with Crippen molar-refractivity contribution in [2.75, 3.05) is 52.6 Å². The Balaban J connectivity index is 1.29. The van der Waals surface area contributed by atoms with Gasteiger partial charge in [-0.2, -0.15) is 0 Å². The predicted octanol–water partition coefficient (Wildman–Crippen LogP) is 3.52. The number of hydrogen-bond donors (Lipinski definition) is 0. The summed E-state index contributed by atoms with van der Waals surface area (Å²) >= 11 is 0. The number of carbonyl (C=O) groups is 4. The number of hydrogen-bond acceptors (Lipinski definition) is 8.